The lowest BCUT2D eigenvalue weighted by molar-refractivity contribution is -0.192. The zero-order valence-corrected chi connectivity index (χ0v) is 16.0. The molecule has 4 N–H and O–H groups in total. The highest BCUT2D eigenvalue weighted by Crippen LogP contribution is 2.55. The number of aromatic nitrogens is 3. The summed E-state index contributed by atoms with van der Waals surface area (Å²) < 4.78 is 37.4. The minimum absolute atomic E-state index is 0.00543. The van der Waals surface area contributed by atoms with Crippen LogP contribution in [-0.4, -0.2) is 37.9 Å². The van der Waals surface area contributed by atoms with Crippen LogP contribution >= 0.6 is 0 Å². The number of carbonyl (C=O) groups is 1. The lowest BCUT2D eigenvalue weighted by Crippen LogP contribution is -2.33. The summed E-state index contributed by atoms with van der Waals surface area (Å²) in [4.78, 5) is 16.9. The fourth-order valence-corrected chi connectivity index (χ4v) is 4.53. The van der Waals surface area contributed by atoms with E-state index in [0.717, 1.165) is 49.3 Å². The summed E-state index contributed by atoms with van der Waals surface area (Å²) >= 11 is 0. The molecule has 7 nitrogen and oxygen atoms in total. The number of nitrogens with zero attached hydrogens (tertiary/aromatic N) is 2. The Morgan fingerprint density at radius 1 is 1.23 bits per heavy atom. The van der Waals surface area contributed by atoms with Gasteiger partial charge in [0.2, 0.25) is 5.89 Å². The molecule has 10 heteroatoms. The second kappa shape index (κ2) is 7.12. The molecule has 2 saturated carbocycles. The predicted molar refractivity (Wildman–Crippen MR) is 101 cm³/mol. The van der Waals surface area contributed by atoms with Gasteiger partial charge in [0.1, 0.15) is 0 Å². The lowest BCUT2D eigenvalue weighted by Gasteiger charge is -2.22. The third kappa shape index (κ3) is 3.79. The maximum absolute atomic E-state index is 10.6. The van der Waals surface area contributed by atoms with E-state index in [1.807, 2.05) is 12.3 Å². The number of carboxylic acids is 1. The van der Waals surface area contributed by atoms with Gasteiger partial charge in [0.15, 0.2) is 5.82 Å². The molecule has 2 fully saturated rings. The fourth-order valence-electron chi connectivity index (χ4n) is 4.53. The van der Waals surface area contributed by atoms with Gasteiger partial charge < -0.3 is 20.3 Å². The summed E-state index contributed by atoms with van der Waals surface area (Å²) in [6, 6.07) is 8.29. The molecule has 1 aromatic carbocycles. The van der Waals surface area contributed by atoms with E-state index in [1.54, 1.807) is 0 Å². The Balaban J connectivity index is 0.000000272. The number of hydrogen-bond acceptors (Lipinski definition) is 5. The van der Waals surface area contributed by atoms with Gasteiger partial charge in [0.25, 0.3) is 0 Å². The molecule has 160 valence electrons. The Bertz CT molecular complexity index is 1060. The van der Waals surface area contributed by atoms with Gasteiger partial charge in [-0.25, -0.2) is 4.79 Å². The van der Waals surface area contributed by atoms with Gasteiger partial charge in [-0.05, 0) is 43.7 Å². The maximum Gasteiger partial charge on any atom is 0.490 e. The number of fused-ring (bicyclic) bond motifs is 3. The standard InChI is InChI=1S/C18H20N4O.C2HF3O2/c19-18-7-5-17(11-18,6-8-18)16-21-15(22-23-16)9-12-10-20-14-4-2-1-3-13(12)14;3-2(4,5)1(6)7/h1-4,10,20H,5-9,11,19H2;(H,6,7). The second-order valence-corrected chi connectivity index (χ2v) is 8.17. The average Bonchev–Trinajstić information content (AvgIpc) is 3.45. The number of halogens is 3. The van der Waals surface area contributed by atoms with E-state index in [1.165, 1.54) is 10.9 Å². The molecule has 3 aromatic rings. The van der Waals surface area contributed by atoms with Crippen molar-refractivity contribution in [2.45, 2.75) is 55.7 Å². The summed E-state index contributed by atoms with van der Waals surface area (Å²) in [5, 5.41) is 12.6. The van der Waals surface area contributed by atoms with Crippen LogP contribution in [0.4, 0.5) is 13.2 Å². The molecular weight excluding hydrogens is 401 g/mol. The van der Waals surface area contributed by atoms with Crippen LogP contribution in [0.3, 0.4) is 0 Å². The number of alkyl halides is 3. The van der Waals surface area contributed by atoms with E-state index in [9.17, 15) is 13.2 Å². The summed E-state index contributed by atoms with van der Waals surface area (Å²) in [5.74, 6) is -1.19. The zero-order valence-electron chi connectivity index (χ0n) is 16.0. The first-order valence-electron chi connectivity index (χ1n) is 9.57. The van der Waals surface area contributed by atoms with Crippen LogP contribution < -0.4 is 5.73 Å². The molecule has 0 amide bonds. The Kier molecular flexibility index (Phi) is 4.84. The van der Waals surface area contributed by atoms with E-state index in [2.05, 4.69) is 28.3 Å². The van der Waals surface area contributed by atoms with Crippen molar-refractivity contribution in [3.05, 3.63) is 47.7 Å². The number of rotatable bonds is 3. The minimum atomic E-state index is -5.08. The van der Waals surface area contributed by atoms with Crippen LogP contribution in [0, 0.1) is 0 Å². The van der Waals surface area contributed by atoms with Crippen molar-refractivity contribution in [2.75, 3.05) is 0 Å². The first-order chi connectivity index (χ1) is 14.1. The van der Waals surface area contributed by atoms with E-state index in [0.29, 0.717) is 6.42 Å². The van der Waals surface area contributed by atoms with Crippen molar-refractivity contribution in [2.24, 2.45) is 5.73 Å². The first kappa shape index (κ1) is 20.4. The van der Waals surface area contributed by atoms with Crippen molar-refractivity contribution >= 4 is 16.9 Å². The molecule has 0 saturated heterocycles. The fraction of sp³-hybridized carbons (Fsp3) is 0.450. The number of aromatic amines is 1. The third-order valence-electron chi connectivity index (χ3n) is 6.08. The van der Waals surface area contributed by atoms with E-state index in [-0.39, 0.29) is 11.0 Å². The Hall–Kier alpha value is -2.88. The molecule has 0 atom stereocenters. The van der Waals surface area contributed by atoms with Crippen LogP contribution in [0.15, 0.2) is 35.0 Å². The molecule has 2 aromatic heterocycles. The number of benzene rings is 1. The Labute approximate surface area is 169 Å². The maximum atomic E-state index is 10.6. The number of nitrogens with one attached hydrogen (secondary N) is 1. The Morgan fingerprint density at radius 3 is 2.50 bits per heavy atom. The smallest absolute Gasteiger partial charge is 0.475 e. The molecule has 0 aliphatic heterocycles. The Morgan fingerprint density at radius 2 is 1.90 bits per heavy atom. The van der Waals surface area contributed by atoms with Gasteiger partial charge in [-0.3, -0.25) is 0 Å². The van der Waals surface area contributed by atoms with Crippen LogP contribution in [-0.2, 0) is 16.6 Å². The van der Waals surface area contributed by atoms with Gasteiger partial charge in [-0.2, -0.15) is 18.2 Å². The summed E-state index contributed by atoms with van der Waals surface area (Å²) in [5.41, 5.74) is 8.80. The topological polar surface area (TPSA) is 118 Å². The van der Waals surface area contributed by atoms with Gasteiger partial charge in [-0.15, -0.1) is 0 Å². The minimum Gasteiger partial charge on any atom is -0.475 e. The van der Waals surface area contributed by atoms with E-state index < -0.39 is 12.1 Å². The second-order valence-electron chi connectivity index (χ2n) is 8.17. The van der Waals surface area contributed by atoms with Crippen molar-refractivity contribution in [3.8, 4) is 0 Å². The highest BCUT2D eigenvalue weighted by molar-refractivity contribution is 5.83. The highest BCUT2D eigenvalue weighted by atomic mass is 19.4. The molecule has 0 radical (unpaired) electrons. The van der Waals surface area contributed by atoms with Crippen molar-refractivity contribution < 1.29 is 27.6 Å². The number of hydrogen-bond donors (Lipinski definition) is 3. The molecule has 0 spiro atoms. The van der Waals surface area contributed by atoms with Gasteiger partial charge >= 0.3 is 12.1 Å². The number of aliphatic carboxylic acids is 1. The van der Waals surface area contributed by atoms with Crippen LogP contribution in [0.5, 0.6) is 0 Å². The normalized spacial score (nSPS) is 25.3. The number of nitrogens with two attached hydrogens (primary N) is 1. The summed E-state index contributed by atoms with van der Waals surface area (Å²) in [7, 11) is 0. The van der Waals surface area contributed by atoms with Crippen LogP contribution in [0.2, 0.25) is 0 Å². The van der Waals surface area contributed by atoms with Crippen LogP contribution in [0.1, 0.15) is 49.4 Å². The predicted octanol–water partition coefficient (Wildman–Crippen LogP) is 3.69. The molecule has 30 heavy (non-hydrogen) atoms. The number of para-hydroxylation sites is 1. The molecule has 5 rings (SSSR count). The van der Waals surface area contributed by atoms with Crippen LogP contribution in [0.25, 0.3) is 10.9 Å². The van der Waals surface area contributed by atoms with Gasteiger partial charge in [0.05, 0.1) is 5.41 Å². The SMILES string of the molecule is NC12CCC(c3nc(Cc4c[nH]c5ccccc45)no3)(CC1)C2.O=C(O)C(F)(F)F. The molecule has 2 aliphatic carbocycles. The monoisotopic (exact) mass is 422 g/mol. The number of H-pyrrole nitrogens is 1. The largest absolute Gasteiger partial charge is 0.490 e. The highest BCUT2D eigenvalue weighted by Gasteiger charge is 2.56. The summed E-state index contributed by atoms with van der Waals surface area (Å²) in [6.07, 6.45) is 2.96. The number of carboxylic acid groups (broad SMARTS) is 1. The first-order valence-corrected chi connectivity index (χ1v) is 9.57. The van der Waals surface area contributed by atoms with E-state index >= 15 is 0 Å². The van der Waals surface area contributed by atoms with Gasteiger partial charge in [0, 0.05) is 29.1 Å². The quantitative estimate of drug-likeness (QED) is 0.593. The summed E-state index contributed by atoms with van der Waals surface area (Å²) in [6.45, 7) is 0. The van der Waals surface area contributed by atoms with Crippen molar-refractivity contribution in [1.82, 2.24) is 15.1 Å². The lowest BCUT2D eigenvalue weighted by atomic mass is 9.84. The van der Waals surface area contributed by atoms with Gasteiger partial charge in [-0.1, -0.05) is 23.4 Å². The zero-order chi connectivity index (χ0) is 21.6. The molecule has 2 aliphatic rings. The molecule has 0 unspecified atom stereocenters. The third-order valence-corrected chi connectivity index (χ3v) is 6.08. The van der Waals surface area contributed by atoms with E-state index in [4.69, 9.17) is 25.1 Å². The van der Waals surface area contributed by atoms with Crippen molar-refractivity contribution in [3.63, 3.8) is 0 Å². The molecular formula is C20H21F3N4O3. The molecule has 2 heterocycles. The van der Waals surface area contributed by atoms with Crippen molar-refractivity contribution in [1.29, 1.82) is 0 Å². The average molecular weight is 422 g/mol. The molecule has 2 bridgehead atoms.